The topological polar surface area (TPSA) is 56.2 Å². The van der Waals surface area contributed by atoms with Crippen LogP contribution in [0.5, 0.6) is 5.75 Å². The number of aromatic nitrogens is 2. The number of fused-ring (bicyclic) bond motifs is 1. The van der Waals surface area contributed by atoms with Crippen molar-refractivity contribution in [3.63, 3.8) is 0 Å². The fourth-order valence-electron chi connectivity index (χ4n) is 2.68. The van der Waals surface area contributed by atoms with Crippen LogP contribution >= 0.6 is 27.3 Å². The van der Waals surface area contributed by atoms with E-state index in [1.165, 1.54) is 0 Å². The number of anilines is 1. The van der Waals surface area contributed by atoms with Gasteiger partial charge < -0.3 is 10.1 Å². The highest BCUT2D eigenvalue weighted by Gasteiger charge is 2.29. The van der Waals surface area contributed by atoms with Gasteiger partial charge in [0.1, 0.15) is 11.6 Å². The van der Waals surface area contributed by atoms with E-state index < -0.39 is 6.10 Å². The van der Waals surface area contributed by atoms with Crippen LogP contribution in [-0.4, -0.2) is 21.8 Å². The molecule has 3 heterocycles. The van der Waals surface area contributed by atoms with E-state index in [0.717, 1.165) is 20.7 Å². The van der Waals surface area contributed by atoms with Gasteiger partial charge in [-0.2, -0.15) is 5.10 Å². The molecule has 0 aliphatic carbocycles. The van der Waals surface area contributed by atoms with Gasteiger partial charge in [0.15, 0.2) is 6.10 Å². The standard InChI is InChI=1S/C17H14BrN3O2S/c18-12-8-13(24-10-12)9-21-16(5-6-19-21)20-17(22)15-7-11-3-1-2-4-14(11)23-15/h1-6,8,10,15H,7,9H2,(H,20,22)/t15-/m0/s1. The van der Waals surface area contributed by atoms with Gasteiger partial charge in [0.25, 0.3) is 5.91 Å². The van der Waals surface area contributed by atoms with Crippen LogP contribution in [0.25, 0.3) is 0 Å². The number of para-hydroxylation sites is 1. The number of ether oxygens (including phenoxy) is 1. The average molecular weight is 404 g/mol. The molecule has 1 N–H and O–H groups in total. The minimum absolute atomic E-state index is 0.152. The number of hydrogen-bond donors (Lipinski definition) is 1. The Bertz CT molecular complexity index is 864. The fraction of sp³-hybridized carbons (Fsp3) is 0.176. The monoisotopic (exact) mass is 403 g/mol. The molecule has 1 aliphatic rings. The minimum Gasteiger partial charge on any atom is -0.480 e. The molecule has 0 fully saturated rings. The third kappa shape index (κ3) is 3.09. The number of carbonyl (C=O) groups is 1. The maximum Gasteiger partial charge on any atom is 0.266 e. The third-order valence-electron chi connectivity index (χ3n) is 3.83. The number of halogens is 1. The largest absolute Gasteiger partial charge is 0.480 e. The molecule has 1 aromatic carbocycles. The number of hydrogen-bond acceptors (Lipinski definition) is 4. The zero-order chi connectivity index (χ0) is 16.5. The summed E-state index contributed by atoms with van der Waals surface area (Å²) >= 11 is 5.10. The van der Waals surface area contributed by atoms with Crippen molar-refractivity contribution < 1.29 is 9.53 Å². The van der Waals surface area contributed by atoms with Gasteiger partial charge in [-0.1, -0.05) is 18.2 Å². The van der Waals surface area contributed by atoms with E-state index in [1.807, 2.05) is 29.6 Å². The quantitative estimate of drug-likeness (QED) is 0.722. The van der Waals surface area contributed by atoms with Crippen LogP contribution in [-0.2, 0) is 17.8 Å². The van der Waals surface area contributed by atoms with E-state index in [1.54, 1.807) is 28.3 Å². The first kappa shape index (κ1) is 15.4. The Labute approximate surface area is 151 Å². The second kappa shape index (κ2) is 6.41. The second-order valence-electron chi connectivity index (χ2n) is 5.51. The molecule has 4 rings (SSSR count). The van der Waals surface area contributed by atoms with E-state index in [9.17, 15) is 4.79 Å². The summed E-state index contributed by atoms with van der Waals surface area (Å²) in [5.41, 5.74) is 1.06. The molecule has 1 amide bonds. The molecule has 7 heteroatoms. The maximum atomic E-state index is 12.5. The lowest BCUT2D eigenvalue weighted by molar-refractivity contribution is -0.122. The fourth-order valence-corrected chi connectivity index (χ4v) is 4.12. The number of benzene rings is 1. The Kier molecular flexibility index (Phi) is 4.12. The molecule has 0 spiro atoms. The number of thiophene rings is 1. The summed E-state index contributed by atoms with van der Waals surface area (Å²) in [7, 11) is 0. The Morgan fingerprint density at radius 2 is 2.29 bits per heavy atom. The van der Waals surface area contributed by atoms with Crippen molar-refractivity contribution in [2.24, 2.45) is 0 Å². The van der Waals surface area contributed by atoms with Crippen LogP contribution in [0.2, 0.25) is 0 Å². The van der Waals surface area contributed by atoms with Gasteiger partial charge >= 0.3 is 0 Å². The molecule has 0 saturated carbocycles. The number of rotatable bonds is 4. The van der Waals surface area contributed by atoms with Crippen LogP contribution in [0.3, 0.4) is 0 Å². The van der Waals surface area contributed by atoms with Crippen molar-refractivity contribution in [2.45, 2.75) is 19.1 Å². The Morgan fingerprint density at radius 3 is 3.08 bits per heavy atom. The number of nitrogens with zero attached hydrogens (tertiary/aromatic N) is 2. The van der Waals surface area contributed by atoms with Crippen molar-refractivity contribution in [2.75, 3.05) is 5.32 Å². The molecule has 0 radical (unpaired) electrons. The minimum atomic E-state index is -0.498. The maximum absolute atomic E-state index is 12.5. The summed E-state index contributed by atoms with van der Waals surface area (Å²) in [6, 6.07) is 11.6. The van der Waals surface area contributed by atoms with Crippen molar-refractivity contribution in [1.29, 1.82) is 0 Å². The van der Waals surface area contributed by atoms with Crippen LogP contribution in [0.4, 0.5) is 5.82 Å². The van der Waals surface area contributed by atoms with E-state index in [-0.39, 0.29) is 5.91 Å². The molecule has 0 bridgehead atoms. The van der Waals surface area contributed by atoms with Gasteiger partial charge in [-0.25, -0.2) is 4.68 Å². The number of amides is 1. The Hall–Kier alpha value is -2.12. The summed E-state index contributed by atoms with van der Waals surface area (Å²) in [4.78, 5) is 13.7. The van der Waals surface area contributed by atoms with Crippen molar-refractivity contribution in [3.8, 4) is 5.75 Å². The van der Waals surface area contributed by atoms with Crippen molar-refractivity contribution >= 4 is 39.0 Å². The summed E-state index contributed by atoms with van der Waals surface area (Å²) in [5, 5.41) is 9.24. The molecule has 1 atom stereocenters. The first-order valence-electron chi connectivity index (χ1n) is 7.49. The molecule has 5 nitrogen and oxygen atoms in total. The van der Waals surface area contributed by atoms with Gasteiger partial charge in [0.2, 0.25) is 0 Å². The molecule has 0 saturated heterocycles. The smallest absolute Gasteiger partial charge is 0.266 e. The Balaban J connectivity index is 1.45. The van der Waals surface area contributed by atoms with E-state index in [2.05, 4.69) is 32.4 Å². The first-order valence-corrected chi connectivity index (χ1v) is 9.16. The van der Waals surface area contributed by atoms with Crippen molar-refractivity contribution in [1.82, 2.24) is 9.78 Å². The summed E-state index contributed by atoms with van der Waals surface area (Å²) < 4.78 is 8.56. The van der Waals surface area contributed by atoms with Gasteiger partial charge in [0, 0.05) is 27.2 Å². The molecule has 1 aliphatic heterocycles. The lowest BCUT2D eigenvalue weighted by Gasteiger charge is -2.12. The van der Waals surface area contributed by atoms with E-state index in [0.29, 0.717) is 18.8 Å². The van der Waals surface area contributed by atoms with Crippen LogP contribution < -0.4 is 10.1 Å². The lowest BCUT2D eigenvalue weighted by atomic mass is 10.1. The highest BCUT2D eigenvalue weighted by atomic mass is 79.9. The molecule has 0 unspecified atom stereocenters. The Morgan fingerprint density at radius 1 is 1.42 bits per heavy atom. The van der Waals surface area contributed by atoms with Crippen LogP contribution in [0, 0.1) is 0 Å². The lowest BCUT2D eigenvalue weighted by Crippen LogP contribution is -2.32. The van der Waals surface area contributed by atoms with Gasteiger partial charge in [-0.05, 0) is 33.6 Å². The summed E-state index contributed by atoms with van der Waals surface area (Å²) in [6.45, 7) is 0.616. The second-order valence-corrected chi connectivity index (χ2v) is 7.42. The van der Waals surface area contributed by atoms with Gasteiger partial charge in [-0.3, -0.25) is 4.79 Å². The number of nitrogens with one attached hydrogen (secondary N) is 1. The molecule has 3 aromatic rings. The van der Waals surface area contributed by atoms with Gasteiger partial charge in [0.05, 0.1) is 12.7 Å². The zero-order valence-corrected chi connectivity index (χ0v) is 15.0. The normalized spacial score (nSPS) is 15.8. The third-order valence-corrected chi connectivity index (χ3v) is 5.52. The summed E-state index contributed by atoms with van der Waals surface area (Å²) in [5.74, 6) is 1.30. The molecular weight excluding hydrogens is 390 g/mol. The first-order chi connectivity index (χ1) is 11.7. The van der Waals surface area contributed by atoms with Gasteiger partial charge in [-0.15, -0.1) is 11.3 Å². The predicted molar refractivity (Wildman–Crippen MR) is 96.5 cm³/mol. The average Bonchev–Trinajstić information content (AvgIpc) is 3.28. The van der Waals surface area contributed by atoms with Crippen LogP contribution in [0.15, 0.2) is 52.4 Å². The SMILES string of the molecule is O=C(Nc1ccnn1Cc1cc(Br)cs1)[C@@H]1Cc2ccccc2O1. The van der Waals surface area contributed by atoms with E-state index in [4.69, 9.17) is 4.74 Å². The van der Waals surface area contributed by atoms with Crippen molar-refractivity contribution in [3.05, 3.63) is 62.9 Å². The highest BCUT2D eigenvalue weighted by molar-refractivity contribution is 9.10. The summed E-state index contributed by atoms with van der Waals surface area (Å²) in [6.07, 6.45) is 1.78. The van der Waals surface area contributed by atoms with Crippen LogP contribution in [0.1, 0.15) is 10.4 Å². The predicted octanol–water partition coefficient (Wildman–Crippen LogP) is 3.70. The molecular formula is C17H14BrN3O2S. The molecule has 24 heavy (non-hydrogen) atoms. The molecule has 2 aromatic heterocycles. The molecule has 122 valence electrons. The highest BCUT2D eigenvalue weighted by Crippen LogP contribution is 2.29. The zero-order valence-electron chi connectivity index (χ0n) is 12.6. The van der Waals surface area contributed by atoms with E-state index >= 15 is 0 Å². The number of carbonyl (C=O) groups excluding carboxylic acids is 1.